The Labute approximate surface area is 260 Å². The first-order chi connectivity index (χ1) is 21.6. The maximum Gasteiger partial charge on any atom is 0.269 e. The number of benzene rings is 4. The van der Waals surface area contributed by atoms with Crippen molar-refractivity contribution in [1.82, 2.24) is 4.57 Å². The number of anilines is 1. The summed E-state index contributed by atoms with van der Waals surface area (Å²) in [4.78, 5) is 12.6. The van der Waals surface area contributed by atoms with Crippen molar-refractivity contribution in [2.75, 3.05) is 18.5 Å². The second-order valence-corrected chi connectivity index (χ2v) is 11.6. The molecule has 0 fully saturated rings. The van der Waals surface area contributed by atoms with Crippen LogP contribution in [0.3, 0.4) is 0 Å². The number of non-ortho nitro benzene ring substituents is 1. The van der Waals surface area contributed by atoms with E-state index in [0.717, 1.165) is 24.5 Å². The van der Waals surface area contributed by atoms with Crippen LogP contribution in [0.1, 0.15) is 64.2 Å². The van der Waals surface area contributed by atoms with Crippen LogP contribution in [0.2, 0.25) is 0 Å². The van der Waals surface area contributed by atoms with Crippen molar-refractivity contribution in [2.45, 2.75) is 70.8 Å². The smallest absolute Gasteiger partial charge is 0.269 e. The van der Waals surface area contributed by atoms with Crippen molar-refractivity contribution < 1.29 is 4.92 Å². The van der Waals surface area contributed by atoms with E-state index in [1.54, 1.807) is 12.1 Å². The molecule has 0 spiro atoms. The number of rotatable bonds is 17. The van der Waals surface area contributed by atoms with E-state index in [2.05, 4.69) is 87.4 Å². The molecule has 0 aliphatic heterocycles. The van der Waals surface area contributed by atoms with E-state index in [4.69, 9.17) is 0 Å². The lowest BCUT2D eigenvalue weighted by atomic mass is 10.1. The Morgan fingerprint density at radius 1 is 0.614 bits per heavy atom. The van der Waals surface area contributed by atoms with Gasteiger partial charge in [0.2, 0.25) is 0 Å². The molecular formula is C37H43N5O2. The molecule has 0 bridgehead atoms. The molecule has 4 aromatic carbocycles. The minimum atomic E-state index is -0.422. The fraction of sp³-hybridized carbons (Fsp3) is 0.351. The molecule has 5 rings (SSSR count). The summed E-state index contributed by atoms with van der Waals surface area (Å²) in [7, 11) is 2.13. The highest BCUT2D eigenvalue weighted by Gasteiger charge is 2.09. The Bertz CT molecular complexity index is 1600. The number of unbranched alkanes of at least 4 members (excludes halogenated alkanes) is 9. The molecule has 0 unspecified atom stereocenters. The molecule has 7 heteroatoms. The van der Waals surface area contributed by atoms with Crippen molar-refractivity contribution in [3.05, 3.63) is 107 Å². The molecule has 1 aromatic heterocycles. The Kier molecular flexibility index (Phi) is 11.1. The van der Waals surface area contributed by atoms with Crippen molar-refractivity contribution in [3.63, 3.8) is 0 Å². The Hall–Kier alpha value is -4.52. The summed E-state index contributed by atoms with van der Waals surface area (Å²) in [5.41, 5.74) is 5.27. The van der Waals surface area contributed by atoms with Crippen LogP contribution in [0.4, 0.5) is 22.7 Å². The lowest BCUT2D eigenvalue weighted by Crippen LogP contribution is -2.18. The largest absolute Gasteiger partial charge is 0.375 e. The van der Waals surface area contributed by atoms with Crippen LogP contribution in [-0.4, -0.2) is 23.1 Å². The standard InChI is InChI=1S/C37H43N5O2/c1-40(32-24-20-30(21-25-32)38-39-31-22-26-33(27-23-31)42(43)44)28-14-8-6-4-2-3-5-7-9-15-29-41-36-18-12-10-16-34(36)35-17-11-13-19-37(35)41/h10-13,16-27H,2-9,14-15,28-29H2,1H3. The van der Waals surface area contributed by atoms with Crippen LogP contribution in [0.5, 0.6) is 0 Å². The van der Waals surface area contributed by atoms with Gasteiger partial charge in [-0.05, 0) is 61.4 Å². The third-order valence-corrected chi connectivity index (χ3v) is 8.44. The fourth-order valence-electron chi connectivity index (χ4n) is 5.94. The van der Waals surface area contributed by atoms with Gasteiger partial charge in [-0.25, -0.2) is 0 Å². The van der Waals surface area contributed by atoms with Gasteiger partial charge in [0.1, 0.15) is 0 Å². The lowest BCUT2D eigenvalue weighted by molar-refractivity contribution is -0.384. The molecule has 0 radical (unpaired) electrons. The number of hydrogen-bond donors (Lipinski definition) is 0. The monoisotopic (exact) mass is 589 g/mol. The second-order valence-electron chi connectivity index (χ2n) is 11.6. The molecule has 7 nitrogen and oxygen atoms in total. The molecule has 0 aliphatic rings. The van der Waals surface area contributed by atoms with E-state index in [9.17, 15) is 10.1 Å². The molecule has 228 valence electrons. The summed E-state index contributed by atoms with van der Waals surface area (Å²) >= 11 is 0. The highest BCUT2D eigenvalue weighted by Crippen LogP contribution is 2.29. The van der Waals surface area contributed by atoms with Gasteiger partial charge < -0.3 is 9.47 Å². The topological polar surface area (TPSA) is 76.0 Å². The molecule has 0 saturated heterocycles. The highest BCUT2D eigenvalue weighted by atomic mass is 16.6. The second kappa shape index (κ2) is 15.8. The quantitative estimate of drug-likeness (QED) is 0.0468. The van der Waals surface area contributed by atoms with Gasteiger partial charge in [-0.2, -0.15) is 10.2 Å². The van der Waals surface area contributed by atoms with Gasteiger partial charge in [-0.1, -0.05) is 87.8 Å². The Morgan fingerprint density at radius 2 is 1.07 bits per heavy atom. The number of nitrogens with zero attached hydrogens (tertiary/aromatic N) is 5. The SMILES string of the molecule is CN(CCCCCCCCCCCCn1c2ccccc2c2ccccc21)c1ccc(N=Nc2ccc([N+](=O)[O-])cc2)cc1. The number of hydrogen-bond acceptors (Lipinski definition) is 5. The van der Waals surface area contributed by atoms with E-state index < -0.39 is 4.92 Å². The van der Waals surface area contributed by atoms with Gasteiger partial charge in [-0.15, -0.1) is 0 Å². The number of aryl methyl sites for hydroxylation is 1. The first kappa shape index (κ1) is 30.9. The van der Waals surface area contributed by atoms with E-state index in [1.807, 2.05) is 12.1 Å². The van der Waals surface area contributed by atoms with E-state index in [-0.39, 0.29) is 5.69 Å². The maximum absolute atomic E-state index is 10.8. The van der Waals surface area contributed by atoms with E-state index in [0.29, 0.717) is 5.69 Å². The summed E-state index contributed by atoms with van der Waals surface area (Å²) in [6, 6.07) is 31.7. The Balaban J connectivity index is 0.904. The van der Waals surface area contributed by atoms with Crippen molar-refractivity contribution in [2.24, 2.45) is 10.2 Å². The fourth-order valence-corrected chi connectivity index (χ4v) is 5.94. The van der Waals surface area contributed by atoms with Crippen LogP contribution >= 0.6 is 0 Å². The van der Waals surface area contributed by atoms with E-state index in [1.165, 1.54) is 98.1 Å². The van der Waals surface area contributed by atoms with Crippen LogP contribution in [0.15, 0.2) is 107 Å². The van der Waals surface area contributed by atoms with Gasteiger partial charge in [0.05, 0.1) is 16.3 Å². The third-order valence-electron chi connectivity index (χ3n) is 8.44. The number of para-hydroxylation sites is 2. The third kappa shape index (κ3) is 8.31. The highest BCUT2D eigenvalue weighted by molar-refractivity contribution is 6.07. The number of azo groups is 1. The summed E-state index contributed by atoms with van der Waals surface area (Å²) in [6.45, 7) is 2.14. The zero-order valence-corrected chi connectivity index (χ0v) is 25.8. The van der Waals surface area contributed by atoms with Gasteiger partial charge in [0.15, 0.2) is 0 Å². The van der Waals surface area contributed by atoms with Gasteiger partial charge in [-0.3, -0.25) is 10.1 Å². The number of nitro benzene ring substituents is 1. The van der Waals surface area contributed by atoms with Gasteiger partial charge in [0, 0.05) is 59.8 Å². The number of aromatic nitrogens is 1. The first-order valence-corrected chi connectivity index (χ1v) is 16.0. The maximum atomic E-state index is 10.8. The molecule has 44 heavy (non-hydrogen) atoms. The first-order valence-electron chi connectivity index (χ1n) is 16.0. The predicted octanol–water partition coefficient (Wildman–Crippen LogP) is 11.2. The molecule has 0 saturated carbocycles. The zero-order valence-electron chi connectivity index (χ0n) is 25.8. The number of fused-ring (bicyclic) bond motifs is 3. The number of nitro groups is 1. The molecule has 1 heterocycles. The normalized spacial score (nSPS) is 11.6. The van der Waals surface area contributed by atoms with Crippen LogP contribution in [0, 0.1) is 10.1 Å². The average Bonchev–Trinajstić information content (AvgIpc) is 3.38. The van der Waals surface area contributed by atoms with Crippen LogP contribution in [0.25, 0.3) is 21.8 Å². The molecule has 5 aromatic rings. The predicted molar refractivity (Wildman–Crippen MR) is 183 cm³/mol. The summed E-state index contributed by atoms with van der Waals surface area (Å²) in [6.07, 6.45) is 13.0. The van der Waals surface area contributed by atoms with E-state index >= 15 is 0 Å². The minimum Gasteiger partial charge on any atom is -0.375 e. The molecule has 0 N–H and O–H groups in total. The lowest BCUT2D eigenvalue weighted by Gasteiger charge is -2.19. The molecule has 0 amide bonds. The zero-order chi connectivity index (χ0) is 30.6. The van der Waals surface area contributed by atoms with Gasteiger partial charge >= 0.3 is 0 Å². The van der Waals surface area contributed by atoms with Gasteiger partial charge in [0.25, 0.3) is 5.69 Å². The molecular weight excluding hydrogens is 546 g/mol. The minimum absolute atomic E-state index is 0.0465. The summed E-state index contributed by atoms with van der Waals surface area (Å²) < 4.78 is 2.51. The summed E-state index contributed by atoms with van der Waals surface area (Å²) in [5.74, 6) is 0. The van der Waals surface area contributed by atoms with Crippen LogP contribution in [-0.2, 0) is 6.54 Å². The van der Waals surface area contributed by atoms with Crippen molar-refractivity contribution in [1.29, 1.82) is 0 Å². The average molecular weight is 590 g/mol. The summed E-state index contributed by atoms with van der Waals surface area (Å²) in [5, 5.41) is 21.9. The van der Waals surface area contributed by atoms with Crippen molar-refractivity contribution in [3.8, 4) is 0 Å². The van der Waals surface area contributed by atoms with Crippen molar-refractivity contribution >= 4 is 44.6 Å². The molecule has 0 aliphatic carbocycles. The Morgan fingerprint density at radius 3 is 1.59 bits per heavy atom. The van der Waals surface area contributed by atoms with Crippen LogP contribution < -0.4 is 4.90 Å². The molecule has 0 atom stereocenters.